The minimum Gasteiger partial charge on any atom is -0.356 e. The average molecular weight is 532 g/mol. The van der Waals surface area contributed by atoms with Crippen LogP contribution in [0.15, 0.2) is 35.5 Å². The molecular formula is C25H30ClN5O4S. The van der Waals surface area contributed by atoms with Crippen LogP contribution in [0.1, 0.15) is 35.7 Å². The van der Waals surface area contributed by atoms with Gasteiger partial charge in [-0.3, -0.25) is 9.59 Å². The van der Waals surface area contributed by atoms with Gasteiger partial charge in [0.05, 0.1) is 13.2 Å². The van der Waals surface area contributed by atoms with Crippen molar-refractivity contribution < 1.29 is 19.1 Å². The third-order valence-corrected chi connectivity index (χ3v) is 8.02. The highest BCUT2D eigenvalue weighted by atomic mass is 35.5. The second-order valence-corrected chi connectivity index (χ2v) is 10.5. The minimum atomic E-state index is -0.429. The number of halogens is 1. The number of hydrogen-bond acceptors (Lipinski definition) is 8. The SMILES string of the molecule is CC(=O)N1CCN(C(=O)c2ccc(CSc3nc(Cl)cc(N4CCC5(CC4)OCCO5)n3)cc2)CC1. The summed E-state index contributed by atoms with van der Waals surface area (Å²) in [4.78, 5) is 39.2. The minimum absolute atomic E-state index is 0.00284. The van der Waals surface area contributed by atoms with Gasteiger partial charge in [0.15, 0.2) is 10.9 Å². The van der Waals surface area contributed by atoms with Crippen molar-refractivity contribution in [3.63, 3.8) is 0 Å². The fourth-order valence-electron chi connectivity index (χ4n) is 4.77. The number of carbonyl (C=O) groups is 2. The lowest BCUT2D eigenvalue weighted by molar-refractivity contribution is -0.169. The summed E-state index contributed by atoms with van der Waals surface area (Å²) >= 11 is 7.84. The molecule has 0 unspecified atom stereocenters. The quantitative estimate of drug-likeness (QED) is 0.330. The van der Waals surface area contributed by atoms with Crippen LogP contribution in [-0.2, 0) is 20.0 Å². The van der Waals surface area contributed by atoms with E-state index < -0.39 is 5.79 Å². The molecule has 2 amide bonds. The number of aromatic nitrogens is 2. The zero-order valence-electron chi connectivity index (χ0n) is 20.3. The van der Waals surface area contributed by atoms with E-state index in [0.29, 0.717) is 61.0 Å². The Morgan fingerprint density at radius 2 is 1.61 bits per heavy atom. The smallest absolute Gasteiger partial charge is 0.253 e. The summed E-state index contributed by atoms with van der Waals surface area (Å²) in [5.74, 6) is 1.10. The molecule has 0 radical (unpaired) electrons. The van der Waals surface area contributed by atoms with Crippen molar-refractivity contribution in [2.24, 2.45) is 0 Å². The molecule has 192 valence electrons. The van der Waals surface area contributed by atoms with E-state index in [1.54, 1.807) is 22.8 Å². The molecule has 3 aliphatic heterocycles. The topological polar surface area (TPSA) is 88.1 Å². The Morgan fingerprint density at radius 1 is 0.972 bits per heavy atom. The van der Waals surface area contributed by atoms with Crippen LogP contribution in [0.4, 0.5) is 5.82 Å². The monoisotopic (exact) mass is 531 g/mol. The first-order valence-corrected chi connectivity index (χ1v) is 13.6. The van der Waals surface area contributed by atoms with E-state index in [1.165, 1.54) is 11.8 Å². The predicted octanol–water partition coefficient (Wildman–Crippen LogP) is 3.07. The highest BCUT2D eigenvalue weighted by Gasteiger charge is 2.40. The number of ether oxygens (including phenoxy) is 2. The molecule has 3 saturated heterocycles. The third kappa shape index (κ3) is 5.77. The molecule has 3 fully saturated rings. The number of piperidine rings is 1. The van der Waals surface area contributed by atoms with Gasteiger partial charge in [0, 0.05) is 76.4 Å². The number of piperazine rings is 1. The van der Waals surface area contributed by atoms with Crippen LogP contribution in [0.5, 0.6) is 0 Å². The van der Waals surface area contributed by atoms with E-state index >= 15 is 0 Å². The van der Waals surface area contributed by atoms with Gasteiger partial charge in [-0.05, 0) is 17.7 Å². The first-order chi connectivity index (χ1) is 17.4. The second-order valence-electron chi connectivity index (χ2n) is 9.21. The normalized spacial score (nSPS) is 19.7. The van der Waals surface area contributed by atoms with Gasteiger partial charge in [-0.1, -0.05) is 35.5 Å². The van der Waals surface area contributed by atoms with Gasteiger partial charge < -0.3 is 24.2 Å². The number of amides is 2. The molecule has 4 heterocycles. The molecule has 1 aromatic heterocycles. The lowest BCUT2D eigenvalue weighted by Crippen LogP contribution is -2.50. The average Bonchev–Trinajstić information content (AvgIpc) is 3.35. The first-order valence-electron chi connectivity index (χ1n) is 12.2. The fraction of sp³-hybridized carbons (Fsp3) is 0.520. The maximum Gasteiger partial charge on any atom is 0.253 e. The van der Waals surface area contributed by atoms with Crippen LogP contribution in [0.2, 0.25) is 5.15 Å². The van der Waals surface area contributed by atoms with E-state index in [-0.39, 0.29) is 11.8 Å². The number of hydrogen-bond donors (Lipinski definition) is 0. The molecule has 0 saturated carbocycles. The van der Waals surface area contributed by atoms with Crippen LogP contribution >= 0.6 is 23.4 Å². The Balaban J connectivity index is 1.16. The van der Waals surface area contributed by atoms with Gasteiger partial charge in [0.25, 0.3) is 5.91 Å². The number of nitrogens with zero attached hydrogens (tertiary/aromatic N) is 5. The van der Waals surface area contributed by atoms with Crippen LogP contribution in [0, 0.1) is 0 Å². The number of thioether (sulfide) groups is 1. The maximum absolute atomic E-state index is 12.8. The Kier molecular flexibility index (Phi) is 7.66. The fourth-order valence-corrected chi connectivity index (χ4v) is 5.81. The molecule has 0 aliphatic carbocycles. The van der Waals surface area contributed by atoms with Crippen molar-refractivity contribution in [1.29, 1.82) is 0 Å². The van der Waals surface area contributed by atoms with Crippen LogP contribution < -0.4 is 4.90 Å². The second kappa shape index (κ2) is 10.9. The van der Waals surface area contributed by atoms with Gasteiger partial charge in [0.1, 0.15) is 11.0 Å². The molecule has 0 atom stereocenters. The molecule has 11 heteroatoms. The van der Waals surface area contributed by atoms with E-state index in [0.717, 1.165) is 37.3 Å². The summed E-state index contributed by atoms with van der Waals surface area (Å²) in [6.07, 6.45) is 1.60. The maximum atomic E-state index is 12.8. The van der Waals surface area contributed by atoms with Gasteiger partial charge in [-0.2, -0.15) is 0 Å². The number of rotatable bonds is 5. The lowest BCUT2D eigenvalue weighted by atomic mass is 10.0. The molecule has 0 N–H and O–H groups in total. The zero-order chi connectivity index (χ0) is 25.1. The summed E-state index contributed by atoms with van der Waals surface area (Å²) < 4.78 is 11.6. The molecule has 1 spiro atoms. The van der Waals surface area contributed by atoms with Gasteiger partial charge >= 0.3 is 0 Å². The van der Waals surface area contributed by atoms with E-state index in [1.807, 2.05) is 24.3 Å². The molecule has 36 heavy (non-hydrogen) atoms. The van der Waals surface area contributed by atoms with Crippen LogP contribution in [-0.4, -0.2) is 89.9 Å². The van der Waals surface area contributed by atoms with Gasteiger partial charge in [-0.15, -0.1) is 0 Å². The van der Waals surface area contributed by atoms with E-state index in [9.17, 15) is 9.59 Å². The summed E-state index contributed by atoms with van der Waals surface area (Å²) in [7, 11) is 0. The highest BCUT2D eigenvalue weighted by Crippen LogP contribution is 2.34. The number of benzene rings is 1. The van der Waals surface area contributed by atoms with Crippen molar-refractivity contribution in [2.75, 3.05) is 57.4 Å². The Bertz CT molecular complexity index is 1090. The van der Waals surface area contributed by atoms with Crippen LogP contribution in [0.25, 0.3) is 0 Å². The standard InChI is InChI=1S/C25H30ClN5O4S/c1-18(32)29-10-12-31(13-11-29)23(33)20-4-2-19(3-5-20)17-36-24-27-21(26)16-22(28-24)30-8-6-25(7-9-30)34-14-15-35-25/h2-5,16H,6-15,17H2,1H3. The number of anilines is 1. The zero-order valence-corrected chi connectivity index (χ0v) is 21.9. The van der Waals surface area contributed by atoms with E-state index in [4.69, 9.17) is 26.1 Å². The Hall–Kier alpha value is -2.40. The van der Waals surface area contributed by atoms with Crippen molar-refractivity contribution in [2.45, 2.75) is 36.5 Å². The van der Waals surface area contributed by atoms with Crippen molar-refractivity contribution in [3.8, 4) is 0 Å². The van der Waals surface area contributed by atoms with Crippen molar-refractivity contribution >= 4 is 41.0 Å². The molecular weight excluding hydrogens is 502 g/mol. The highest BCUT2D eigenvalue weighted by molar-refractivity contribution is 7.98. The Morgan fingerprint density at radius 3 is 2.25 bits per heavy atom. The third-order valence-electron chi connectivity index (χ3n) is 6.90. The van der Waals surface area contributed by atoms with Crippen molar-refractivity contribution in [3.05, 3.63) is 46.6 Å². The molecule has 3 aliphatic rings. The summed E-state index contributed by atoms with van der Waals surface area (Å²) in [6, 6.07) is 9.44. The number of carbonyl (C=O) groups excluding carboxylic acids is 2. The predicted molar refractivity (Wildman–Crippen MR) is 137 cm³/mol. The Labute approximate surface area is 220 Å². The molecule has 1 aromatic carbocycles. The lowest BCUT2D eigenvalue weighted by Gasteiger charge is -2.38. The largest absolute Gasteiger partial charge is 0.356 e. The van der Waals surface area contributed by atoms with Crippen LogP contribution in [0.3, 0.4) is 0 Å². The molecule has 0 bridgehead atoms. The molecule has 9 nitrogen and oxygen atoms in total. The molecule has 5 rings (SSSR count). The summed E-state index contributed by atoms with van der Waals surface area (Å²) in [5, 5.41) is 1.04. The summed E-state index contributed by atoms with van der Waals surface area (Å²) in [5.41, 5.74) is 1.72. The summed E-state index contributed by atoms with van der Waals surface area (Å²) in [6.45, 7) is 6.74. The van der Waals surface area contributed by atoms with Crippen molar-refractivity contribution in [1.82, 2.24) is 19.8 Å². The van der Waals surface area contributed by atoms with E-state index in [2.05, 4.69) is 9.88 Å². The van der Waals surface area contributed by atoms with Gasteiger partial charge in [-0.25, -0.2) is 9.97 Å². The molecule has 2 aromatic rings. The first kappa shape index (κ1) is 25.3. The van der Waals surface area contributed by atoms with Gasteiger partial charge in [0.2, 0.25) is 5.91 Å².